The molecule has 0 bridgehead atoms. The van der Waals surface area contributed by atoms with Gasteiger partial charge in [-0.15, -0.1) is 0 Å². The number of hydrogen-bond acceptors (Lipinski definition) is 9. The van der Waals surface area contributed by atoms with Gasteiger partial charge >= 0.3 is 5.97 Å². The van der Waals surface area contributed by atoms with Gasteiger partial charge in [0.25, 0.3) is 5.91 Å². The van der Waals surface area contributed by atoms with Crippen LogP contribution in [0.4, 0.5) is 5.69 Å². The van der Waals surface area contributed by atoms with E-state index in [4.69, 9.17) is 9.47 Å². The van der Waals surface area contributed by atoms with E-state index in [2.05, 4.69) is 5.32 Å². The third-order valence-corrected chi connectivity index (χ3v) is 6.91. The van der Waals surface area contributed by atoms with Gasteiger partial charge in [-0.05, 0) is 42.7 Å². The topological polar surface area (TPSA) is 109 Å². The van der Waals surface area contributed by atoms with E-state index in [1.54, 1.807) is 36.2 Å². The number of ether oxygens (including phenoxy) is 2. The summed E-state index contributed by atoms with van der Waals surface area (Å²) in [5, 5.41) is 12.7. The van der Waals surface area contributed by atoms with Crippen LogP contribution in [0.2, 0.25) is 0 Å². The zero-order chi connectivity index (χ0) is 25.2. The molecule has 0 aliphatic carbocycles. The minimum atomic E-state index is -0.937. The number of ketones is 1. The Hall–Kier alpha value is -3.42. The molecule has 0 aromatic heterocycles. The highest BCUT2D eigenvalue weighted by Crippen LogP contribution is 2.46. The van der Waals surface area contributed by atoms with Crippen LogP contribution in [-0.2, 0) is 19.1 Å². The second-order valence-electron chi connectivity index (χ2n) is 7.45. The van der Waals surface area contributed by atoms with Crippen molar-refractivity contribution in [1.29, 1.82) is 5.26 Å². The van der Waals surface area contributed by atoms with Gasteiger partial charge in [-0.25, -0.2) is 4.79 Å². The van der Waals surface area contributed by atoms with Crippen LogP contribution >= 0.6 is 23.5 Å². The van der Waals surface area contributed by atoms with Gasteiger partial charge in [0.05, 0.1) is 5.69 Å². The summed E-state index contributed by atoms with van der Waals surface area (Å²) in [6.45, 7) is -0.858. The normalized spacial score (nSPS) is 14.4. The number of nitriles is 1. The molecule has 1 aliphatic heterocycles. The summed E-state index contributed by atoms with van der Waals surface area (Å²) in [4.78, 5) is 40.5. The van der Waals surface area contributed by atoms with Crippen LogP contribution in [0.1, 0.15) is 6.42 Å². The number of thioether (sulfide) groups is 2. The minimum Gasteiger partial charge on any atom is -0.484 e. The molecule has 0 saturated heterocycles. The predicted octanol–water partition coefficient (Wildman–Crippen LogP) is 3.39. The lowest BCUT2D eigenvalue weighted by Gasteiger charge is -2.18. The average Bonchev–Trinajstić information content (AvgIpc) is 3.21. The molecule has 1 aliphatic rings. The van der Waals surface area contributed by atoms with E-state index >= 15 is 0 Å². The Balaban J connectivity index is 1.59. The summed E-state index contributed by atoms with van der Waals surface area (Å²) in [5.74, 6) is -0.695. The molecule has 1 atom stereocenters. The molecule has 2 aromatic rings. The molecule has 2 aromatic carbocycles. The average molecular weight is 512 g/mol. The molecule has 1 heterocycles. The summed E-state index contributed by atoms with van der Waals surface area (Å²) in [7, 11) is 1.77. The van der Waals surface area contributed by atoms with Crippen molar-refractivity contribution in [3.05, 3.63) is 65.2 Å². The SMILES string of the molecule is CSCC[C@H](NC(=O)COc1ccccc1)C(=O)OCC(=O)/C(C#N)=C1/Sc2ccccc2N1C. The molecule has 8 nitrogen and oxygen atoms in total. The number of nitrogens with one attached hydrogen (secondary N) is 1. The quantitative estimate of drug-likeness (QED) is 0.276. The molecule has 1 amide bonds. The molecule has 0 fully saturated rings. The maximum Gasteiger partial charge on any atom is 0.329 e. The standard InChI is InChI=1S/C25H25N3O5S2/c1-28-20-10-6-7-11-22(20)35-24(28)18(14-26)21(29)15-33-25(31)19(12-13-34-2)27-23(30)16-32-17-8-4-3-5-9-17/h3-11,19H,12-13,15-16H2,1-2H3,(H,27,30)/b24-18+/t19-/m0/s1. The van der Waals surface area contributed by atoms with E-state index in [1.807, 2.05) is 42.7 Å². The molecule has 0 radical (unpaired) electrons. The van der Waals surface area contributed by atoms with E-state index in [1.165, 1.54) is 23.5 Å². The zero-order valence-electron chi connectivity index (χ0n) is 19.4. The Morgan fingerprint density at radius 3 is 2.51 bits per heavy atom. The fourth-order valence-corrected chi connectivity index (χ4v) is 4.88. The van der Waals surface area contributed by atoms with Crippen LogP contribution in [-0.4, -0.2) is 56.0 Å². The fourth-order valence-electron chi connectivity index (χ4n) is 3.25. The second kappa shape index (κ2) is 12.9. The number of nitrogens with zero attached hydrogens (tertiary/aromatic N) is 2. The number of benzene rings is 2. The van der Waals surface area contributed by atoms with E-state index in [0.717, 1.165) is 10.6 Å². The monoisotopic (exact) mass is 511 g/mol. The lowest BCUT2D eigenvalue weighted by Crippen LogP contribution is -2.44. The van der Waals surface area contributed by atoms with Crippen molar-refractivity contribution in [2.75, 3.05) is 37.2 Å². The number of rotatable bonds is 11. The highest BCUT2D eigenvalue weighted by Gasteiger charge is 2.29. The van der Waals surface area contributed by atoms with Crippen LogP contribution in [0, 0.1) is 11.3 Å². The minimum absolute atomic E-state index is 0.0811. The van der Waals surface area contributed by atoms with Crippen molar-refractivity contribution in [3.8, 4) is 11.8 Å². The van der Waals surface area contributed by atoms with E-state index in [0.29, 0.717) is 23.0 Å². The number of amides is 1. The fraction of sp³-hybridized carbons (Fsp3) is 0.280. The maximum absolute atomic E-state index is 12.8. The largest absolute Gasteiger partial charge is 0.484 e. The van der Waals surface area contributed by atoms with Crippen molar-refractivity contribution in [2.45, 2.75) is 17.4 Å². The maximum atomic E-state index is 12.8. The van der Waals surface area contributed by atoms with Crippen molar-refractivity contribution >= 4 is 46.9 Å². The summed E-state index contributed by atoms with van der Waals surface area (Å²) in [6.07, 6.45) is 2.21. The summed E-state index contributed by atoms with van der Waals surface area (Å²) in [5.41, 5.74) is 0.810. The molecule has 10 heteroatoms. The van der Waals surface area contributed by atoms with Gasteiger partial charge in [-0.2, -0.15) is 17.0 Å². The van der Waals surface area contributed by atoms with Gasteiger partial charge in [0.1, 0.15) is 28.5 Å². The molecule has 35 heavy (non-hydrogen) atoms. The molecule has 182 valence electrons. The first-order valence-corrected chi connectivity index (χ1v) is 13.0. The highest BCUT2D eigenvalue weighted by atomic mass is 32.2. The molecule has 0 saturated carbocycles. The van der Waals surface area contributed by atoms with Gasteiger partial charge in [0, 0.05) is 11.9 Å². The first kappa shape index (κ1) is 26.2. The van der Waals surface area contributed by atoms with Crippen molar-refractivity contribution < 1.29 is 23.9 Å². The van der Waals surface area contributed by atoms with Crippen molar-refractivity contribution in [3.63, 3.8) is 0 Å². The van der Waals surface area contributed by atoms with Crippen LogP contribution in [0.5, 0.6) is 5.75 Å². The number of carbonyl (C=O) groups excluding carboxylic acids is 3. The Morgan fingerprint density at radius 1 is 1.11 bits per heavy atom. The molecular formula is C25H25N3O5S2. The van der Waals surface area contributed by atoms with Crippen LogP contribution in [0.3, 0.4) is 0 Å². The number of esters is 1. The number of anilines is 1. The van der Waals surface area contributed by atoms with Gasteiger partial charge in [-0.3, -0.25) is 9.59 Å². The van der Waals surface area contributed by atoms with E-state index in [9.17, 15) is 19.6 Å². The summed E-state index contributed by atoms with van der Waals surface area (Å²) < 4.78 is 10.6. The zero-order valence-corrected chi connectivity index (χ0v) is 21.0. The Bertz CT molecular complexity index is 1150. The van der Waals surface area contributed by atoms with Crippen LogP contribution in [0.15, 0.2) is 70.1 Å². The molecule has 0 spiro atoms. The lowest BCUT2D eigenvalue weighted by molar-refractivity contribution is -0.150. The van der Waals surface area contributed by atoms with Crippen LogP contribution in [0.25, 0.3) is 0 Å². The Labute approximate surface area is 212 Å². The molecule has 3 rings (SSSR count). The predicted molar refractivity (Wildman–Crippen MR) is 136 cm³/mol. The Morgan fingerprint density at radius 2 is 1.83 bits per heavy atom. The highest BCUT2D eigenvalue weighted by molar-refractivity contribution is 8.03. The number of Topliss-reactive ketones (excluding diaryl/α,β-unsaturated/α-hetero) is 1. The first-order valence-electron chi connectivity index (χ1n) is 10.8. The van der Waals surface area contributed by atoms with Crippen molar-refractivity contribution in [2.24, 2.45) is 0 Å². The van der Waals surface area contributed by atoms with Gasteiger partial charge in [0.2, 0.25) is 5.78 Å². The van der Waals surface area contributed by atoms with Crippen molar-refractivity contribution in [1.82, 2.24) is 5.32 Å². The lowest BCUT2D eigenvalue weighted by atomic mass is 10.2. The van der Waals surface area contributed by atoms with E-state index < -0.39 is 30.3 Å². The molecule has 0 unspecified atom stereocenters. The van der Waals surface area contributed by atoms with Gasteiger partial charge < -0.3 is 19.7 Å². The van der Waals surface area contributed by atoms with Gasteiger partial charge in [-0.1, -0.05) is 42.1 Å². The third kappa shape index (κ3) is 7.04. The Kier molecular flexibility index (Phi) is 9.64. The third-order valence-electron chi connectivity index (χ3n) is 5.03. The second-order valence-corrected chi connectivity index (χ2v) is 9.47. The molecular weight excluding hydrogens is 486 g/mol. The molecule has 1 N–H and O–H groups in total. The number of para-hydroxylation sites is 2. The smallest absolute Gasteiger partial charge is 0.329 e. The van der Waals surface area contributed by atoms with Gasteiger partial charge in [0.15, 0.2) is 13.2 Å². The number of fused-ring (bicyclic) bond motifs is 1. The summed E-state index contributed by atoms with van der Waals surface area (Å²) in [6, 6.07) is 17.4. The van der Waals surface area contributed by atoms with Crippen LogP contribution < -0.4 is 15.0 Å². The summed E-state index contributed by atoms with van der Waals surface area (Å²) >= 11 is 2.83. The number of carbonyl (C=O) groups is 3. The number of hydrogen-bond donors (Lipinski definition) is 1. The van der Waals surface area contributed by atoms with E-state index in [-0.39, 0.29) is 12.2 Å². The first-order chi connectivity index (χ1) is 16.9.